The molecule has 1 aliphatic rings. The number of esters is 1. The average Bonchev–Trinajstić information content (AvgIpc) is 2.89. The van der Waals surface area contributed by atoms with Crippen LogP contribution in [0.4, 0.5) is 0 Å². The summed E-state index contributed by atoms with van der Waals surface area (Å²) in [5.74, 6) is 0.862. The molecule has 0 N–H and O–H groups in total. The largest absolute Gasteiger partial charge is 0.487 e. The third kappa shape index (κ3) is 5.24. The fraction of sp³-hybridized carbons (Fsp3) is 0.194. The molecule has 0 amide bonds. The van der Waals surface area contributed by atoms with Crippen molar-refractivity contribution in [2.24, 2.45) is 0 Å². The van der Waals surface area contributed by atoms with Gasteiger partial charge in [-0.15, -0.1) is 0 Å². The van der Waals surface area contributed by atoms with Gasteiger partial charge in [-0.2, -0.15) is 0 Å². The lowest BCUT2D eigenvalue weighted by Crippen LogP contribution is -2.45. The highest BCUT2D eigenvalue weighted by Gasteiger charge is 2.47. The van der Waals surface area contributed by atoms with Crippen LogP contribution in [-0.4, -0.2) is 5.97 Å². The van der Waals surface area contributed by atoms with E-state index < -0.39 is 5.41 Å². The van der Waals surface area contributed by atoms with E-state index in [1.807, 2.05) is 91.0 Å². The highest BCUT2D eigenvalue weighted by atomic mass is 35.5. The van der Waals surface area contributed by atoms with E-state index in [-0.39, 0.29) is 11.7 Å². The Bertz CT molecular complexity index is 1300. The van der Waals surface area contributed by atoms with Crippen molar-refractivity contribution < 1.29 is 19.0 Å². The summed E-state index contributed by atoms with van der Waals surface area (Å²) in [4.78, 5) is 13.5. The van der Waals surface area contributed by atoms with Crippen molar-refractivity contribution in [2.75, 3.05) is 0 Å². The molecule has 0 aromatic heterocycles. The molecule has 4 aromatic rings. The summed E-state index contributed by atoms with van der Waals surface area (Å²) in [6.45, 7) is 0.671. The van der Waals surface area contributed by atoms with Crippen LogP contribution in [0.2, 0.25) is 5.02 Å². The first-order chi connectivity index (χ1) is 17.6. The van der Waals surface area contributed by atoms with Gasteiger partial charge in [0.05, 0.1) is 10.4 Å². The molecule has 0 unspecified atom stereocenters. The second-order valence-corrected chi connectivity index (χ2v) is 9.38. The fourth-order valence-corrected chi connectivity index (χ4v) is 4.59. The monoisotopic (exact) mass is 498 g/mol. The van der Waals surface area contributed by atoms with Crippen molar-refractivity contribution in [2.45, 2.75) is 37.9 Å². The maximum Gasteiger partial charge on any atom is 0.322 e. The van der Waals surface area contributed by atoms with Gasteiger partial charge in [0.1, 0.15) is 19.0 Å². The van der Waals surface area contributed by atoms with Crippen LogP contribution >= 0.6 is 11.6 Å². The summed E-state index contributed by atoms with van der Waals surface area (Å²) in [5.41, 5.74) is 2.34. The summed E-state index contributed by atoms with van der Waals surface area (Å²) in [6.07, 6.45) is 2.48. The Morgan fingerprint density at radius 1 is 0.694 bits per heavy atom. The summed E-state index contributed by atoms with van der Waals surface area (Å²) in [5, 5.41) is 0.350. The van der Waals surface area contributed by atoms with Crippen molar-refractivity contribution in [1.82, 2.24) is 0 Å². The van der Waals surface area contributed by atoms with Gasteiger partial charge in [0.15, 0.2) is 11.5 Å². The van der Waals surface area contributed by atoms with Gasteiger partial charge in [0.2, 0.25) is 0 Å². The molecule has 0 saturated heterocycles. The maximum atomic E-state index is 13.5. The Kier molecular flexibility index (Phi) is 7.24. The highest BCUT2D eigenvalue weighted by Crippen LogP contribution is 2.46. The van der Waals surface area contributed by atoms with Crippen molar-refractivity contribution in [1.29, 1.82) is 0 Å². The third-order valence-electron chi connectivity index (χ3n) is 6.60. The molecule has 1 aliphatic carbocycles. The van der Waals surface area contributed by atoms with Crippen LogP contribution < -0.4 is 14.2 Å². The van der Waals surface area contributed by atoms with Gasteiger partial charge >= 0.3 is 5.97 Å². The van der Waals surface area contributed by atoms with Gasteiger partial charge in [0.25, 0.3) is 0 Å². The topological polar surface area (TPSA) is 44.8 Å². The molecule has 0 radical (unpaired) electrons. The predicted molar refractivity (Wildman–Crippen MR) is 141 cm³/mol. The van der Waals surface area contributed by atoms with E-state index >= 15 is 0 Å². The van der Waals surface area contributed by atoms with Crippen molar-refractivity contribution >= 4 is 17.6 Å². The normalized spacial score (nSPS) is 13.9. The van der Waals surface area contributed by atoms with Gasteiger partial charge in [-0.1, -0.05) is 109 Å². The predicted octanol–water partition coefficient (Wildman–Crippen LogP) is 7.53. The van der Waals surface area contributed by atoms with Gasteiger partial charge < -0.3 is 14.2 Å². The molecule has 4 nitrogen and oxygen atoms in total. The van der Waals surface area contributed by atoms with Gasteiger partial charge in [-0.05, 0) is 29.5 Å². The quantitative estimate of drug-likeness (QED) is 0.177. The number of ether oxygens (including phenoxy) is 3. The van der Waals surface area contributed by atoms with Gasteiger partial charge in [0, 0.05) is 12.1 Å². The van der Waals surface area contributed by atoms with E-state index in [2.05, 4.69) is 0 Å². The Hall–Kier alpha value is -3.76. The van der Waals surface area contributed by atoms with Crippen LogP contribution in [0.3, 0.4) is 0 Å². The molecule has 0 aliphatic heterocycles. The van der Waals surface area contributed by atoms with E-state index in [9.17, 15) is 4.79 Å². The number of rotatable bonds is 9. The Morgan fingerprint density at radius 3 is 1.75 bits per heavy atom. The zero-order chi connectivity index (χ0) is 24.8. The van der Waals surface area contributed by atoms with Crippen LogP contribution in [0.1, 0.15) is 36.0 Å². The lowest BCUT2D eigenvalue weighted by atomic mass is 9.64. The fourth-order valence-electron chi connectivity index (χ4n) is 4.39. The molecule has 182 valence electrons. The van der Waals surface area contributed by atoms with Crippen molar-refractivity contribution in [3.63, 3.8) is 0 Å². The standard InChI is InChI=1S/C31H27ClO4/c32-26-19-29(36-30(33)31(17-10-18-31)25-15-8-3-9-16-25)28(35-22-24-13-6-2-7-14-24)20-27(26)34-21-23-11-4-1-5-12-23/h1-9,11-16,19-20H,10,17-18,21-22H2. The maximum absolute atomic E-state index is 13.5. The first kappa shape index (κ1) is 24.0. The van der Waals surface area contributed by atoms with Crippen molar-refractivity contribution in [3.05, 3.63) is 125 Å². The Balaban J connectivity index is 1.41. The Labute approximate surface area is 216 Å². The second kappa shape index (κ2) is 10.9. The first-order valence-electron chi connectivity index (χ1n) is 12.1. The van der Waals surface area contributed by atoms with Crippen LogP contribution in [0.5, 0.6) is 17.2 Å². The van der Waals surface area contributed by atoms with Crippen molar-refractivity contribution in [3.8, 4) is 17.2 Å². The van der Waals surface area contributed by atoms with Gasteiger partial charge in [-0.25, -0.2) is 0 Å². The molecule has 36 heavy (non-hydrogen) atoms. The molecular weight excluding hydrogens is 472 g/mol. The lowest BCUT2D eigenvalue weighted by Gasteiger charge is -2.39. The highest BCUT2D eigenvalue weighted by molar-refractivity contribution is 6.32. The summed E-state index contributed by atoms with van der Waals surface area (Å²) < 4.78 is 18.1. The molecule has 1 fully saturated rings. The molecular formula is C31H27ClO4. The lowest BCUT2D eigenvalue weighted by molar-refractivity contribution is -0.144. The van der Waals surface area contributed by atoms with E-state index in [4.69, 9.17) is 25.8 Å². The molecule has 5 rings (SSSR count). The number of carbonyl (C=O) groups is 1. The molecule has 5 heteroatoms. The average molecular weight is 499 g/mol. The van der Waals surface area contributed by atoms with E-state index in [1.165, 1.54) is 0 Å². The molecule has 0 spiro atoms. The number of hydrogen-bond acceptors (Lipinski definition) is 4. The molecule has 0 bridgehead atoms. The minimum atomic E-state index is -0.646. The SMILES string of the molecule is O=C(Oc1cc(Cl)c(OCc2ccccc2)cc1OCc1ccccc1)C1(c2ccccc2)CCC1. The summed E-state index contributed by atoms with van der Waals surface area (Å²) >= 11 is 6.58. The molecule has 0 atom stereocenters. The van der Waals surface area contributed by atoms with E-state index in [0.29, 0.717) is 29.7 Å². The third-order valence-corrected chi connectivity index (χ3v) is 6.89. The van der Waals surface area contributed by atoms with Gasteiger partial charge in [-0.3, -0.25) is 4.79 Å². The Morgan fingerprint density at radius 2 is 1.22 bits per heavy atom. The van der Waals surface area contributed by atoms with Crippen LogP contribution in [0.25, 0.3) is 0 Å². The molecule has 1 saturated carbocycles. The van der Waals surface area contributed by atoms with E-state index in [0.717, 1.165) is 36.0 Å². The van der Waals surface area contributed by atoms with Crippen LogP contribution in [0.15, 0.2) is 103 Å². The first-order valence-corrected chi connectivity index (χ1v) is 12.5. The summed E-state index contributed by atoms with van der Waals surface area (Å²) in [7, 11) is 0. The zero-order valence-electron chi connectivity index (χ0n) is 19.9. The minimum Gasteiger partial charge on any atom is -0.487 e. The van der Waals surface area contributed by atoms with E-state index in [1.54, 1.807) is 12.1 Å². The second-order valence-electron chi connectivity index (χ2n) is 8.97. The number of carbonyl (C=O) groups excluding carboxylic acids is 1. The summed E-state index contributed by atoms with van der Waals surface area (Å²) in [6, 6.07) is 32.8. The minimum absolute atomic E-state index is 0.287. The molecule has 4 aromatic carbocycles. The van der Waals surface area contributed by atoms with Crippen LogP contribution in [0, 0.1) is 0 Å². The molecule has 0 heterocycles. The van der Waals surface area contributed by atoms with Crippen LogP contribution in [-0.2, 0) is 23.4 Å². The number of benzene rings is 4. The smallest absolute Gasteiger partial charge is 0.322 e. The number of hydrogen-bond donors (Lipinski definition) is 0. The zero-order valence-corrected chi connectivity index (χ0v) is 20.6. The number of halogens is 1.